The zero-order valence-corrected chi connectivity index (χ0v) is 14.3. The molecule has 0 radical (unpaired) electrons. The van der Waals surface area contributed by atoms with Crippen molar-refractivity contribution in [3.63, 3.8) is 0 Å². The highest BCUT2D eigenvalue weighted by Crippen LogP contribution is 2.19. The highest BCUT2D eigenvalue weighted by Gasteiger charge is 2.15. The fourth-order valence-electron chi connectivity index (χ4n) is 2.44. The fraction of sp³-hybridized carbons (Fsp3) is 0.250. The number of amides is 1. The number of Topliss-reactive ketones (excluding diaryl/α,β-unsaturated/α-hetero) is 1. The summed E-state index contributed by atoms with van der Waals surface area (Å²) < 4.78 is 5.03. The Labute approximate surface area is 147 Å². The van der Waals surface area contributed by atoms with Crippen LogP contribution in [0, 0.1) is 0 Å². The number of hydrogen-bond donors (Lipinski definition) is 1. The van der Waals surface area contributed by atoms with E-state index in [0.717, 1.165) is 5.56 Å². The van der Waals surface area contributed by atoms with Gasteiger partial charge in [-0.2, -0.15) is 0 Å². The van der Waals surface area contributed by atoms with Gasteiger partial charge in [0, 0.05) is 5.56 Å². The monoisotopic (exact) mass is 339 g/mol. The number of anilines is 1. The number of benzene rings is 2. The van der Waals surface area contributed by atoms with E-state index in [9.17, 15) is 14.4 Å². The first kappa shape index (κ1) is 18.4. The van der Waals surface area contributed by atoms with E-state index in [1.807, 2.05) is 37.3 Å². The van der Waals surface area contributed by atoms with E-state index in [-0.39, 0.29) is 24.7 Å². The minimum absolute atomic E-state index is 0.00944. The van der Waals surface area contributed by atoms with Crippen LogP contribution in [0.2, 0.25) is 0 Å². The lowest BCUT2D eigenvalue weighted by atomic mass is 9.98. The first-order valence-electron chi connectivity index (χ1n) is 8.07. The molecule has 1 atom stereocenters. The van der Waals surface area contributed by atoms with E-state index in [0.29, 0.717) is 11.3 Å². The molecular weight excluding hydrogens is 318 g/mol. The lowest BCUT2D eigenvalue weighted by Gasteiger charge is -2.12. The maximum Gasteiger partial charge on any atom is 0.306 e. The average Bonchev–Trinajstić information content (AvgIpc) is 2.61. The summed E-state index contributed by atoms with van der Waals surface area (Å²) in [6, 6.07) is 16.3. The molecule has 2 rings (SSSR count). The topological polar surface area (TPSA) is 72.5 Å². The number of rotatable bonds is 7. The van der Waals surface area contributed by atoms with Gasteiger partial charge in [-0.05, 0) is 30.5 Å². The third kappa shape index (κ3) is 5.57. The zero-order chi connectivity index (χ0) is 18.2. The van der Waals surface area contributed by atoms with E-state index in [4.69, 9.17) is 4.74 Å². The highest BCUT2D eigenvalue weighted by atomic mass is 16.5. The van der Waals surface area contributed by atoms with E-state index in [1.54, 1.807) is 24.3 Å². The second kappa shape index (κ2) is 8.78. The molecule has 0 heterocycles. The van der Waals surface area contributed by atoms with Gasteiger partial charge in [0.2, 0.25) is 0 Å². The van der Waals surface area contributed by atoms with Gasteiger partial charge in [0.1, 0.15) is 0 Å². The van der Waals surface area contributed by atoms with Crippen molar-refractivity contribution in [3.8, 4) is 0 Å². The molecule has 1 N–H and O–H groups in total. The molecule has 5 nitrogen and oxygen atoms in total. The smallest absolute Gasteiger partial charge is 0.306 e. The maximum absolute atomic E-state index is 11.9. The van der Waals surface area contributed by atoms with Crippen LogP contribution in [0.3, 0.4) is 0 Å². The van der Waals surface area contributed by atoms with E-state index in [1.165, 1.54) is 6.92 Å². The third-order valence-corrected chi connectivity index (χ3v) is 3.79. The predicted molar refractivity (Wildman–Crippen MR) is 95.5 cm³/mol. The first-order valence-corrected chi connectivity index (χ1v) is 8.07. The highest BCUT2D eigenvalue weighted by molar-refractivity contribution is 6.04. The molecule has 0 saturated carbocycles. The van der Waals surface area contributed by atoms with Gasteiger partial charge in [0.15, 0.2) is 12.4 Å². The second-order valence-corrected chi connectivity index (χ2v) is 5.83. The van der Waals surface area contributed by atoms with Crippen LogP contribution in [0.4, 0.5) is 5.69 Å². The van der Waals surface area contributed by atoms with Crippen molar-refractivity contribution in [1.29, 1.82) is 0 Å². The van der Waals surface area contributed by atoms with Crippen LogP contribution in [0.25, 0.3) is 0 Å². The molecule has 0 fully saturated rings. The second-order valence-electron chi connectivity index (χ2n) is 5.83. The van der Waals surface area contributed by atoms with Crippen molar-refractivity contribution < 1.29 is 19.1 Å². The predicted octanol–water partition coefficient (Wildman–Crippen LogP) is 3.56. The lowest BCUT2D eigenvalue weighted by Crippen LogP contribution is -2.22. The van der Waals surface area contributed by atoms with E-state index >= 15 is 0 Å². The average molecular weight is 339 g/mol. The van der Waals surface area contributed by atoms with Crippen molar-refractivity contribution in [3.05, 3.63) is 65.7 Å². The number of ketones is 1. The fourth-order valence-corrected chi connectivity index (χ4v) is 2.44. The number of esters is 1. The van der Waals surface area contributed by atoms with E-state index in [2.05, 4.69) is 5.32 Å². The Morgan fingerprint density at radius 2 is 1.64 bits per heavy atom. The Balaban J connectivity index is 1.84. The molecule has 0 bridgehead atoms. The summed E-state index contributed by atoms with van der Waals surface area (Å²) >= 11 is 0. The number of carbonyl (C=O) groups is 3. The SMILES string of the molecule is CC(=O)c1ccccc1NC(=O)COC(=O)C[C@@H](C)c1ccccc1. The summed E-state index contributed by atoms with van der Waals surface area (Å²) in [5.74, 6) is -1.06. The minimum Gasteiger partial charge on any atom is -0.456 e. The normalized spacial score (nSPS) is 11.4. The standard InChI is InChI=1S/C20H21NO4/c1-14(16-8-4-3-5-9-16)12-20(24)25-13-19(23)21-18-11-7-6-10-17(18)15(2)22/h3-11,14H,12-13H2,1-2H3,(H,21,23)/t14-/m1/s1. The van der Waals surface area contributed by atoms with E-state index < -0.39 is 11.9 Å². The third-order valence-electron chi connectivity index (χ3n) is 3.79. The maximum atomic E-state index is 11.9. The quantitative estimate of drug-likeness (QED) is 0.618. The van der Waals surface area contributed by atoms with Gasteiger partial charge < -0.3 is 10.1 Å². The van der Waals surface area contributed by atoms with Gasteiger partial charge >= 0.3 is 5.97 Å². The summed E-state index contributed by atoms with van der Waals surface area (Å²) in [6.07, 6.45) is 0.196. The molecule has 2 aromatic carbocycles. The first-order chi connectivity index (χ1) is 12.0. The number of para-hydroxylation sites is 1. The Morgan fingerprint density at radius 3 is 2.32 bits per heavy atom. The summed E-state index contributed by atoms with van der Waals surface area (Å²) in [7, 11) is 0. The minimum atomic E-state index is -0.477. The number of ether oxygens (including phenoxy) is 1. The zero-order valence-electron chi connectivity index (χ0n) is 14.3. The molecule has 0 unspecified atom stereocenters. The van der Waals surface area contributed by atoms with Gasteiger partial charge in [-0.25, -0.2) is 0 Å². The number of nitrogens with one attached hydrogen (secondary N) is 1. The number of carbonyl (C=O) groups excluding carboxylic acids is 3. The largest absolute Gasteiger partial charge is 0.456 e. The van der Waals surface area contributed by atoms with Crippen LogP contribution in [0.15, 0.2) is 54.6 Å². The number of hydrogen-bond acceptors (Lipinski definition) is 4. The van der Waals surface area contributed by atoms with Crippen LogP contribution in [0.5, 0.6) is 0 Å². The van der Waals surface area contributed by atoms with Crippen LogP contribution in [-0.2, 0) is 14.3 Å². The molecular formula is C20H21NO4. The van der Waals surface area contributed by atoms with Gasteiger partial charge in [-0.15, -0.1) is 0 Å². The molecule has 1 amide bonds. The van der Waals surface area contributed by atoms with Crippen molar-refractivity contribution >= 4 is 23.3 Å². The summed E-state index contributed by atoms with van der Waals surface area (Å²) in [5.41, 5.74) is 1.87. The molecule has 0 aliphatic rings. The molecule has 0 spiro atoms. The Bertz CT molecular complexity index is 755. The van der Waals surface area contributed by atoms with Crippen LogP contribution in [0.1, 0.15) is 42.1 Å². The summed E-state index contributed by atoms with van der Waals surface area (Å²) in [4.78, 5) is 35.4. The summed E-state index contributed by atoms with van der Waals surface area (Å²) in [6.45, 7) is 2.97. The van der Waals surface area contributed by atoms with Gasteiger partial charge in [0.05, 0.1) is 12.1 Å². The Kier molecular flexibility index (Phi) is 6.46. The van der Waals surface area contributed by atoms with Crippen molar-refractivity contribution in [1.82, 2.24) is 0 Å². The molecule has 25 heavy (non-hydrogen) atoms. The molecule has 5 heteroatoms. The van der Waals surface area contributed by atoms with Crippen molar-refractivity contribution in [2.45, 2.75) is 26.2 Å². The Morgan fingerprint density at radius 1 is 1.00 bits per heavy atom. The molecule has 0 aromatic heterocycles. The molecule has 0 aliphatic heterocycles. The molecule has 130 valence electrons. The van der Waals surface area contributed by atoms with Gasteiger partial charge in [-0.1, -0.05) is 49.4 Å². The van der Waals surface area contributed by atoms with Crippen molar-refractivity contribution in [2.24, 2.45) is 0 Å². The van der Waals surface area contributed by atoms with Gasteiger partial charge in [0.25, 0.3) is 5.91 Å². The Hall–Kier alpha value is -2.95. The summed E-state index contributed by atoms with van der Waals surface area (Å²) in [5, 5.41) is 2.60. The van der Waals surface area contributed by atoms with Crippen LogP contribution < -0.4 is 5.32 Å². The van der Waals surface area contributed by atoms with Crippen LogP contribution >= 0.6 is 0 Å². The van der Waals surface area contributed by atoms with Gasteiger partial charge in [-0.3, -0.25) is 14.4 Å². The molecule has 0 saturated heterocycles. The van der Waals surface area contributed by atoms with Crippen LogP contribution in [-0.4, -0.2) is 24.3 Å². The molecule has 0 aliphatic carbocycles. The lowest BCUT2D eigenvalue weighted by molar-refractivity contribution is -0.147. The van der Waals surface area contributed by atoms with Crippen molar-refractivity contribution in [2.75, 3.05) is 11.9 Å². The molecule has 2 aromatic rings.